The number of carboxylic acids is 1. The largest absolute Gasteiger partial charge is 0.480 e. The van der Waals surface area contributed by atoms with Gasteiger partial charge in [0, 0.05) is 0 Å². The fraction of sp³-hybridized carbons (Fsp3) is 0.286. The van der Waals surface area contributed by atoms with E-state index in [0.29, 0.717) is 5.57 Å². The lowest BCUT2D eigenvalue weighted by molar-refractivity contribution is -0.138. The number of hydrogen-bond donors (Lipinski definition) is 3. The van der Waals surface area contributed by atoms with E-state index < -0.39 is 12.0 Å². The lowest BCUT2D eigenvalue weighted by Crippen LogP contribution is -2.30. The second-order valence-electron chi connectivity index (χ2n) is 2.17. The third-order valence-corrected chi connectivity index (χ3v) is 1.13. The molecule has 0 bridgehead atoms. The highest BCUT2D eigenvalue weighted by Crippen LogP contribution is 2.01. The van der Waals surface area contributed by atoms with Crippen molar-refractivity contribution in [2.24, 2.45) is 11.5 Å². The van der Waals surface area contributed by atoms with E-state index in [2.05, 4.69) is 6.58 Å². The number of carboxylic acid groups (broad SMARTS) is 1. The summed E-state index contributed by atoms with van der Waals surface area (Å²) in [6, 6.07) is -0.890. The highest BCUT2D eigenvalue weighted by Gasteiger charge is 2.10. The van der Waals surface area contributed by atoms with E-state index in [1.165, 1.54) is 12.3 Å². The number of nitrogens with two attached hydrogens (primary N) is 2. The van der Waals surface area contributed by atoms with Crippen molar-refractivity contribution in [1.82, 2.24) is 0 Å². The average Bonchev–Trinajstić information content (AvgIpc) is 1.87. The molecule has 0 unspecified atom stereocenters. The second kappa shape index (κ2) is 4.51. The molecule has 0 aliphatic heterocycles. The molecule has 0 radical (unpaired) electrons. The topological polar surface area (TPSA) is 89.3 Å². The Bertz CT molecular complexity index is 187. The molecule has 0 saturated carbocycles. The molecule has 0 aliphatic rings. The van der Waals surface area contributed by atoms with Gasteiger partial charge in [-0.05, 0) is 18.7 Å². The van der Waals surface area contributed by atoms with Gasteiger partial charge in [-0.25, -0.2) is 0 Å². The van der Waals surface area contributed by atoms with Crippen molar-refractivity contribution in [2.45, 2.75) is 12.5 Å². The van der Waals surface area contributed by atoms with Gasteiger partial charge in [0.25, 0.3) is 0 Å². The smallest absolute Gasteiger partial charge is 0.320 e. The van der Waals surface area contributed by atoms with E-state index in [-0.39, 0.29) is 6.42 Å². The summed E-state index contributed by atoms with van der Waals surface area (Å²) in [7, 11) is 0. The summed E-state index contributed by atoms with van der Waals surface area (Å²) >= 11 is 0. The maximum absolute atomic E-state index is 10.2. The molecule has 0 aromatic rings. The molecule has 0 heterocycles. The molecule has 0 aromatic heterocycles. The molecule has 0 rings (SSSR count). The minimum atomic E-state index is -1.03. The van der Waals surface area contributed by atoms with Gasteiger partial charge in [0.2, 0.25) is 0 Å². The van der Waals surface area contributed by atoms with Crippen LogP contribution in [0.4, 0.5) is 0 Å². The Labute approximate surface area is 65.2 Å². The molecule has 0 aromatic carbocycles. The van der Waals surface area contributed by atoms with E-state index in [1.807, 2.05) is 0 Å². The van der Waals surface area contributed by atoms with Crippen molar-refractivity contribution in [1.29, 1.82) is 0 Å². The molecule has 0 amide bonds. The summed E-state index contributed by atoms with van der Waals surface area (Å²) in [5, 5.41) is 8.38. The quantitative estimate of drug-likeness (QED) is 0.492. The van der Waals surface area contributed by atoms with Crippen LogP contribution in [0.5, 0.6) is 0 Å². The van der Waals surface area contributed by atoms with Crippen LogP contribution in [0.15, 0.2) is 24.4 Å². The third-order valence-electron chi connectivity index (χ3n) is 1.13. The minimum absolute atomic E-state index is 0.225. The maximum atomic E-state index is 10.2. The van der Waals surface area contributed by atoms with Crippen molar-refractivity contribution in [3.63, 3.8) is 0 Å². The summed E-state index contributed by atoms with van der Waals surface area (Å²) in [6.45, 7) is 3.56. The Morgan fingerprint density at radius 1 is 1.73 bits per heavy atom. The van der Waals surface area contributed by atoms with Gasteiger partial charge in [0.05, 0.1) is 0 Å². The van der Waals surface area contributed by atoms with E-state index in [0.717, 1.165) is 0 Å². The van der Waals surface area contributed by atoms with Crippen LogP contribution in [0, 0.1) is 0 Å². The SMILES string of the molecule is C=C(/C=C\N)C[C@H](N)C(=O)O. The second-order valence-corrected chi connectivity index (χ2v) is 2.17. The van der Waals surface area contributed by atoms with Gasteiger partial charge in [0.1, 0.15) is 6.04 Å². The zero-order valence-electron chi connectivity index (χ0n) is 6.16. The van der Waals surface area contributed by atoms with Gasteiger partial charge in [-0.2, -0.15) is 0 Å². The first-order chi connectivity index (χ1) is 5.07. The van der Waals surface area contributed by atoms with Crippen molar-refractivity contribution >= 4 is 5.97 Å². The van der Waals surface area contributed by atoms with Crippen LogP contribution in [0.1, 0.15) is 6.42 Å². The Kier molecular flexibility index (Phi) is 3.98. The highest BCUT2D eigenvalue weighted by atomic mass is 16.4. The van der Waals surface area contributed by atoms with Gasteiger partial charge in [0.15, 0.2) is 0 Å². The van der Waals surface area contributed by atoms with Crippen LogP contribution >= 0.6 is 0 Å². The van der Waals surface area contributed by atoms with Crippen LogP contribution in [0.3, 0.4) is 0 Å². The predicted octanol–water partition coefficient (Wildman–Crippen LogP) is -0.183. The van der Waals surface area contributed by atoms with E-state index in [9.17, 15) is 4.79 Å². The molecule has 4 nitrogen and oxygen atoms in total. The number of carbonyl (C=O) groups is 1. The fourth-order valence-corrected chi connectivity index (χ4v) is 0.574. The van der Waals surface area contributed by atoms with Gasteiger partial charge in [-0.3, -0.25) is 4.79 Å². The lowest BCUT2D eigenvalue weighted by Gasteiger charge is -2.04. The molecule has 0 aliphatic carbocycles. The number of hydrogen-bond acceptors (Lipinski definition) is 3. The Morgan fingerprint density at radius 3 is 2.64 bits per heavy atom. The Hall–Kier alpha value is -1.29. The molecule has 4 heteroatoms. The monoisotopic (exact) mass is 156 g/mol. The van der Waals surface area contributed by atoms with Crippen molar-refractivity contribution < 1.29 is 9.90 Å². The first-order valence-corrected chi connectivity index (χ1v) is 3.12. The van der Waals surface area contributed by atoms with E-state index in [4.69, 9.17) is 16.6 Å². The van der Waals surface area contributed by atoms with Crippen LogP contribution in [-0.4, -0.2) is 17.1 Å². The van der Waals surface area contributed by atoms with Gasteiger partial charge in [-0.15, -0.1) is 0 Å². The molecule has 0 spiro atoms. The zero-order valence-corrected chi connectivity index (χ0v) is 6.16. The predicted molar refractivity (Wildman–Crippen MR) is 42.7 cm³/mol. The summed E-state index contributed by atoms with van der Waals surface area (Å²) in [4.78, 5) is 10.2. The molecular weight excluding hydrogens is 144 g/mol. The average molecular weight is 156 g/mol. The van der Waals surface area contributed by atoms with Crippen molar-refractivity contribution in [2.75, 3.05) is 0 Å². The molecule has 11 heavy (non-hydrogen) atoms. The molecule has 62 valence electrons. The molecule has 0 fully saturated rings. The van der Waals surface area contributed by atoms with Crippen LogP contribution < -0.4 is 11.5 Å². The standard InChI is InChI=1S/C7H12N2O2/c1-5(2-3-8)4-6(9)7(10)11/h2-3,6H,1,4,8-9H2,(H,10,11)/b3-2-/t6-/m0/s1. The summed E-state index contributed by atoms with van der Waals surface area (Å²) in [5.74, 6) is -1.03. The molecule has 0 saturated heterocycles. The van der Waals surface area contributed by atoms with Crippen LogP contribution in [0.2, 0.25) is 0 Å². The van der Waals surface area contributed by atoms with Crippen LogP contribution in [0.25, 0.3) is 0 Å². The third kappa shape index (κ3) is 4.16. The van der Waals surface area contributed by atoms with Crippen molar-refractivity contribution in [3.05, 3.63) is 24.4 Å². The van der Waals surface area contributed by atoms with E-state index in [1.54, 1.807) is 0 Å². The van der Waals surface area contributed by atoms with Gasteiger partial charge < -0.3 is 16.6 Å². The number of aliphatic carboxylic acids is 1. The molecule has 1 atom stereocenters. The molecule has 5 N–H and O–H groups in total. The van der Waals surface area contributed by atoms with Gasteiger partial charge >= 0.3 is 5.97 Å². The Morgan fingerprint density at radius 2 is 2.27 bits per heavy atom. The first-order valence-electron chi connectivity index (χ1n) is 3.12. The van der Waals surface area contributed by atoms with E-state index >= 15 is 0 Å². The number of allylic oxidation sites excluding steroid dienone is 1. The fourth-order valence-electron chi connectivity index (χ4n) is 0.574. The van der Waals surface area contributed by atoms with Gasteiger partial charge in [-0.1, -0.05) is 12.2 Å². The zero-order chi connectivity index (χ0) is 8.85. The minimum Gasteiger partial charge on any atom is -0.480 e. The normalized spacial score (nSPS) is 13.2. The maximum Gasteiger partial charge on any atom is 0.320 e. The van der Waals surface area contributed by atoms with Crippen LogP contribution in [-0.2, 0) is 4.79 Å². The van der Waals surface area contributed by atoms with Crippen molar-refractivity contribution in [3.8, 4) is 0 Å². The summed E-state index contributed by atoms with van der Waals surface area (Å²) in [5.41, 5.74) is 10.9. The highest BCUT2D eigenvalue weighted by molar-refractivity contribution is 5.73. The summed E-state index contributed by atoms with van der Waals surface area (Å²) in [6.07, 6.45) is 3.06. The number of rotatable bonds is 4. The first kappa shape index (κ1) is 9.71. The molecular formula is C7H12N2O2. The lowest BCUT2D eigenvalue weighted by atomic mass is 10.1. The summed E-state index contributed by atoms with van der Waals surface area (Å²) < 4.78 is 0. The Balaban J connectivity index is 3.85.